The van der Waals surface area contributed by atoms with E-state index in [0.717, 1.165) is 10.6 Å². The van der Waals surface area contributed by atoms with Crippen LogP contribution in [0.3, 0.4) is 0 Å². The van der Waals surface area contributed by atoms with E-state index < -0.39 is 24.5 Å². The molecule has 3 rings (SSSR count). The van der Waals surface area contributed by atoms with Crippen LogP contribution in [-0.4, -0.2) is 34.6 Å². The van der Waals surface area contributed by atoms with Crippen LogP contribution in [0.4, 0.5) is 0 Å². The summed E-state index contributed by atoms with van der Waals surface area (Å²) >= 11 is 1.54. The minimum absolute atomic E-state index is 0.264. The fraction of sp³-hybridized carbons (Fsp3) is 0.278. The van der Waals surface area contributed by atoms with E-state index >= 15 is 0 Å². The molecule has 0 aliphatic carbocycles. The predicted octanol–water partition coefficient (Wildman–Crippen LogP) is 1.66. The first-order valence-electron chi connectivity index (χ1n) is 8.16. The first-order chi connectivity index (χ1) is 12.9. The van der Waals surface area contributed by atoms with Gasteiger partial charge in [0.1, 0.15) is 29.7 Å². The molecule has 0 bridgehead atoms. The minimum atomic E-state index is -1.17. The van der Waals surface area contributed by atoms with Gasteiger partial charge in [0, 0.05) is 10.3 Å². The number of thiazole rings is 1. The first-order valence-corrected chi connectivity index (χ1v) is 9.04. The molecule has 0 aliphatic rings. The maximum Gasteiger partial charge on any atom is 0.256 e. The number of nitrogens with two attached hydrogens (primary N) is 1. The number of hydrogen-bond donors (Lipinski definition) is 3. The Labute approximate surface area is 158 Å². The molecule has 1 atom stereocenters. The summed E-state index contributed by atoms with van der Waals surface area (Å²) in [5.74, 6) is -0.440. The third-order valence-corrected chi connectivity index (χ3v) is 4.91. The van der Waals surface area contributed by atoms with E-state index in [2.05, 4.69) is 10.3 Å². The maximum atomic E-state index is 12.6. The van der Waals surface area contributed by atoms with Crippen molar-refractivity contribution in [3.05, 3.63) is 45.6 Å². The fourth-order valence-electron chi connectivity index (χ4n) is 2.63. The zero-order valence-corrected chi connectivity index (χ0v) is 15.6. The smallest absolute Gasteiger partial charge is 0.256 e. The molecule has 2 amide bonds. The number of primary amides is 1. The molecule has 8 nitrogen and oxygen atoms in total. The van der Waals surface area contributed by atoms with E-state index in [0.29, 0.717) is 29.1 Å². The fourth-order valence-corrected chi connectivity index (χ4v) is 3.21. The van der Waals surface area contributed by atoms with Crippen LogP contribution in [0.25, 0.3) is 11.0 Å². The summed E-state index contributed by atoms with van der Waals surface area (Å²) in [5, 5.41) is 12.1. The van der Waals surface area contributed by atoms with Crippen molar-refractivity contribution in [2.45, 2.75) is 26.5 Å². The maximum absolute atomic E-state index is 12.6. The van der Waals surface area contributed by atoms with Crippen molar-refractivity contribution in [1.82, 2.24) is 10.3 Å². The van der Waals surface area contributed by atoms with Gasteiger partial charge in [-0.25, -0.2) is 4.98 Å². The second-order valence-corrected chi connectivity index (χ2v) is 7.01. The molecule has 142 valence electrons. The van der Waals surface area contributed by atoms with Crippen molar-refractivity contribution in [3.63, 3.8) is 0 Å². The molecular weight excluding hydrogens is 370 g/mol. The van der Waals surface area contributed by atoms with Gasteiger partial charge in [0.25, 0.3) is 5.91 Å². The van der Waals surface area contributed by atoms with Gasteiger partial charge in [-0.1, -0.05) is 0 Å². The largest absolute Gasteiger partial charge is 0.487 e. The van der Waals surface area contributed by atoms with Gasteiger partial charge in [-0.05, 0) is 32.0 Å². The van der Waals surface area contributed by atoms with Crippen LogP contribution >= 0.6 is 11.3 Å². The number of fused-ring (bicyclic) bond motifs is 1. The number of aryl methyl sites for hydroxylation is 2. The monoisotopic (exact) mass is 389 g/mol. The van der Waals surface area contributed by atoms with Gasteiger partial charge in [-0.2, -0.15) is 0 Å². The summed E-state index contributed by atoms with van der Waals surface area (Å²) < 4.78 is 11.4. The van der Waals surface area contributed by atoms with Crippen molar-refractivity contribution >= 4 is 34.1 Å². The number of rotatable bonds is 7. The van der Waals surface area contributed by atoms with Crippen molar-refractivity contribution in [3.8, 4) is 5.75 Å². The number of nitrogens with one attached hydrogen (secondary N) is 1. The lowest BCUT2D eigenvalue weighted by Gasteiger charge is -2.12. The van der Waals surface area contributed by atoms with Gasteiger partial charge in [0.05, 0.1) is 23.4 Å². The normalized spacial score (nSPS) is 12.1. The Morgan fingerprint density at radius 2 is 2.19 bits per heavy atom. The van der Waals surface area contributed by atoms with E-state index in [1.54, 1.807) is 42.0 Å². The zero-order valence-electron chi connectivity index (χ0n) is 14.8. The Bertz CT molecular complexity index is 994. The third kappa shape index (κ3) is 3.93. The highest BCUT2D eigenvalue weighted by Gasteiger charge is 2.23. The lowest BCUT2D eigenvalue weighted by molar-refractivity contribution is -0.120. The van der Waals surface area contributed by atoms with Crippen LogP contribution in [0.1, 0.15) is 26.7 Å². The van der Waals surface area contributed by atoms with Crippen LogP contribution in [0, 0.1) is 13.8 Å². The van der Waals surface area contributed by atoms with Crippen LogP contribution < -0.4 is 15.8 Å². The highest BCUT2D eigenvalue weighted by molar-refractivity contribution is 7.09. The number of ether oxygens (including phenoxy) is 1. The highest BCUT2D eigenvalue weighted by Crippen LogP contribution is 2.29. The Kier molecular flexibility index (Phi) is 5.43. The third-order valence-electron chi connectivity index (χ3n) is 4.11. The van der Waals surface area contributed by atoms with Crippen molar-refractivity contribution < 1.29 is 23.8 Å². The molecule has 0 fully saturated rings. The lowest BCUT2D eigenvalue weighted by Crippen LogP contribution is -2.46. The van der Waals surface area contributed by atoms with Crippen molar-refractivity contribution in [1.29, 1.82) is 0 Å². The molecule has 0 spiro atoms. The Morgan fingerprint density at radius 1 is 1.41 bits per heavy atom. The summed E-state index contributed by atoms with van der Waals surface area (Å²) in [7, 11) is 0. The van der Waals surface area contributed by atoms with Gasteiger partial charge in [-0.3, -0.25) is 9.59 Å². The summed E-state index contributed by atoms with van der Waals surface area (Å²) in [4.78, 5) is 29.2. The molecule has 27 heavy (non-hydrogen) atoms. The molecule has 0 saturated carbocycles. The van der Waals surface area contributed by atoms with E-state index in [1.165, 1.54) is 0 Å². The predicted molar refractivity (Wildman–Crippen MR) is 99.7 cm³/mol. The number of carbonyl (C=O) groups is 2. The van der Waals surface area contributed by atoms with Gasteiger partial charge in [0.15, 0.2) is 0 Å². The summed E-state index contributed by atoms with van der Waals surface area (Å²) in [6.45, 7) is 3.34. The molecule has 2 aromatic heterocycles. The number of amides is 2. The molecule has 4 N–H and O–H groups in total. The number of nitrogens with zero attached hydrogens (tertiary/aromatic N) is 1. The molecule has 0 unspecified atom stereocenters. The van der Waals surface area contributed by atoms with Gasteiger partial charge in [-0.15, -0.1) is 11.3 Å². The number of aromatic nitrogens is 1. The Hall–Kier alpha value is -2.91. The van der Waals surface area contributed by atoms with E-state index in [4.69, 9.17) is 14.9 Å². The average molecular weight is 389 g/mol. The number of carbonyl (C=O) groups excluding carboxylic acids is 2. The minimum Gasteiger partial charge on any atom is -0.487 e. The molecule has 0 radical (unpaired) electrons. The Morgan fingerprint density at radius 3 is 2.81 bits per heavy atom. The number of benzene rings is 1. The second-order valence-electron chi connectivity index (χ2n) is 5.95. The highest BCUT2D eigenvalue weighted by atomic mass is 32.1. The summed E-state index contributed by atoms with van der Waals surface area (Å²) in [6, 6.07) is 3.98. The van der Waals surface area contributed by atoms with Gasteiger partial charge >= 0.3 is 0 Å². The second kappa shape index (κ2) is 7.77. The van der Waals surface area contributed by atoms with E-state index in [-0.39, 0.29) is 5.56 Å². The van der Waals surface area contributed by atoms with E-state index in [1.807, 2.05) is 6.92 Å². The topological polar surface area (TPSA) is 128 Å². The first kappa shape index (κ1) is 18.9. The molecular formula is C18H19N3O5S. The molecule has 3 aromatic rings. The molecule has 0 saturated heterocycles. The number of hydrogen-bond acceptors (Lipinski definition) is 7. The molecule has 0 aliphatic heterocycles. The molecule has 2 heterocycles. The standard InChI is InChI=1S/C18H19N3O5S/c1-9-16(18(24)21-13(6-22)17(19)23)12-5-11(3-4-15(12)26-9)25-7-14-10(2)27-8-20-14/h3-5,8,13,22H,6-7H2,1-2H3,(H2,19,23)(H,21,24)/t13-/m0/s1. The molecule has 9 heteroatoms. The number of aliphatic hydroxyl groups is 1. The van der Waals surface area contributed by atoms with E-state index in [9.17, 15) is 14.7 Å². The van der Waals surface area contributed by atoms with Crippen LogP contribution in [0.2, 0.25) is 0 Å². The van der Waals surface area contributed by atoms with Gasteiger partial charge in [0.2, 0.25) is 5.91 Å². The average Bonchev–Trinajstić information content (AvgIpc) is 3.18. The van der Waals surface area contributed by atoms with Crippen LogP contribution in [-0.2, 0) is 11.4 Å². The van der Waals surface area contributed by atoms with Crippen molar-refractivity contribution in [2.24, 2.45) is 5.73 Å². The van der Waals surface area contributed by atoms with Crippen molar-refractivity contribution in [2.75, 3.05) is 6.61 Å². The number of aliphatic hydroxyl groups excluding tert-OH is 1. The molecule has 1 aromatic carbocycles. The Balaban J connectivity index is 1.87. The van der Waals surface area contributed by atoms with Crippen LogP contribution in [0.15, 0.2) is 28.1 Å². The summed E-state index contributed by atoms with van der Waals surface area (Å²) in [6.07, 6.45) is 0. The SMILES string of the molecule is Cc1oc2ccc(OCc3ncsc3C)cc2c1C(=O)N[C@@H](CO)C(N)=O. The quantitative estimate of drug-likeness (QED) is 0.564. The number of furan rings is 1. The summed E-state index contributed by atoms with van der Waals surface area (Å²) in [5.41, 5.74) is 8.55. The lowest BCUT2D eigenvalue weighted by atomic mass is 10.1. The van der Waals surface area contributed by atoms with Gasteiger partial charge < -0.3 is 25.3 Å². The van der Waals surface area contributed by atoms with Crippen LogP contribution in [0.5, 0.6) is 5.75 Å². The zero-order chi connectivity index (χ0) is 19.6.